The van der Waals surface area contributed by atoms with E-state index in [0.29, 0.717) is 6.54 Å². The van der Waals surface area contributed by atoms with E-state index < -0.39 is 17.3 Å². The number of ether oxygens (including phenoxy) is 2. The standard InChI is InChI=1S/C30H26N2O5/c1-36-30(35)23-17-32-18-24(25(21-13-7-3-8-14-21)22-15-9-4-10-16-22)31-29(34)26(32)28(27(23)33)37-19-20-11-5-2-6-12-20/h2-17,24-25H,18-19H2,1H3,(H,31,34)/t24-/m0/s1. The molecule has 0 saturated carbocycles. The van der Waals surface area contributed by atoms with Crippen LogP contribution >= 0.6 is 0 Å². The lowest BCUT2D eigenvalue weighted by molar-refractivity contribution is 0.0595. The summed E-state index contributed by atoms with van der Waals surface area (Å²) in [5.41, 5.74) is 2.13. The van der Waals surface area contributed by atoms with E-state index in [-0.39, 0.29) is 35.6 Å². The summed E-state index contributed by atoms with van der Waals surface area (Å²) >= 11 is 0. The first kappa shape index (κ1) is 24.1. The number of hydrogen-bond donors (Lipinski definition) is 1. The van der Waals surface area contributed by atoms with Crippen molar-refractivity contribution in [3.63, 3.8) is 0 Å². The fourth-order valence-electron chi connectivity index (χ4n) is 4.80. The van der Waals surface area contributed by atoms with Gasteiger partial charge in [0, 0.05) is 18.7 Å². The molecule has 0 unspecified atom stereocenters. The van der Waals surface area contributed by atoms with Crippen LogP contribution in [0, 0.1) is 0 Å². The first-order valence-electron chi connectivity index (χ1n) is 12.0. The summed E-state index contributed by atoms with van der Waals surface area (Å²) in [6.07, 6.45) is 1.40. The second kappa shape index (κ2) is 10.5. The van der Waals surface area contributed by atoms with Gasteiger partial charge in [-0.3, -0.25) is 9.59 Å². The van der Waals surface area contributed by atoms with Gasteiger partial charge in [0.15, 0.2) is 11.4 Å². The van der Waals surface area contributed by atoms with Gasteiger partial charge in [-0.2, -0.15) is 0 Å². The molecule has 1 aromatic heterocycles. The van der Waals surface area contributed by atoms with Crippen LogP contribution in [0.3, 0.4) is 0 Å². The van der Waals surface area contributed by atoms with Gasteiger partial charge in [-0.15, -0.1) is 0 Å². The summed E-state index contributed by atoms with van der Waals surface area (Å²) in [5.74, 6) is -1.55. The second-order valence-electron chi connectivity index (χ2n) is 8.85. The van der Waals surface area contributed by atoms with Crippen molar-refractivity contribution in [1.82, 2.24) is 9.88 Å². The fraction of sp³-hybridized carbons (Fsp3) is 0.167. The summed E-state index contributed by atoms with van der Waals surface area (Å²) < 4.78 is 12.4. The van der Waals surface area contributed by atoms with Gasteiger partial charge in [-0.25, -0.2) is 4.79 Å². The topological polar surface area (TPSA) is 86.6 Å². The number of pyridine rings is 1. The molecule has 37 heavy (non-hydrogen) atoms. The van der Waals surface area contributed by atoms with Crippen LogP contribution in [0.15, 0.2) is 102 Å². The molecule has 1 atom stereocenters. The molecule has 0 bridgehead atoms. The number of carbonyl (C=O) groups is 2. The maximum absolute atomic E-state index is 13.5. The molecule has 2 heterocycles. The monoisotopic (exact) mass is 494 g/mol. The molecule has 3 aromatic carbocycles. The molecule has 0 saturated heterocycles. The van der Waals surface area contributed by atoms with Crippen molar-refractivity contribution < 1.29 is 19.1 Å². The van der Waals surface area contributed by atoms with Gasteiger partial charge < -0.3 is 19.4 Å². The number of methoxy groups -OCH3 is 1. The molecule has 1 aliphatic heterocycles. The zero-order chi connectivity index (χ0) is 25.8. The third kappa shape index (κ3) is 4.89. The van der Waals surface area contributed by atoms with Crippen LogP contribution in [0.2, 0.25) is 0 Å². The predicted octanol–water partition coefficient (Wildman–Crippen LogP) is 4.16. The minimum Gasteiger partial charge on any atom is -0.483 e. The molecule has 1 amide bonds. The molecule has 1 aliphatic rings. The van der Waals surface area contributed by atoms with Crippen LogP contribution in [0.5, 0.6) is 5.75 Å². The quantitative estimate of drug-likeness (QED) is 0.390. The van der Waals surface area contributed by atoms with Crippen molar-refractivity contribution in [2.45, 2.75) is 25.1 Å². The Kier molecular flexibility index (Phi) is 6.85. The number of hydrogen-bond acceptors (Lipinski definition) is 5. The maximum Gasteiger partial charge on any atom is 0.343 e. The lowest BCUT2D eigenvalue weighted by atomic mass is 9.84. The molecule has 7 nitrogen and oxygen atoms in total. The number of carbonyl (C=O) groups excluding carboxylic acids is 2. The van der Waals surface area contributed by atoms with E-state index in [1.807, 2.05) is 91.0 Å². The van der Waals surface area contributed by atoms with Crippen molar-refractivity contribution in [2.75, 3.05) is 7.11 Å². The summed E-state index contributed by atoms with van der Waals surface area (Å²) in [4.78, 5) is 39.3. The van der Waals surface area contributed by atoms with Crippen LogP contribution in [-0.4, -0.2) is 29.6 Å². The zero-order valence-electron chi connectivity index (χ0n) is 20.3. The fourth-order valence-corrected chi connectivity index (χ4v) is 4.80. The van der Waals surface area contributed by atoms with Gasteiger partial charge in [0.2, 0.25) is 5.43 Å². The highest BCUT2D eigenvalue weighted by Gasteiger charge is 2.36. The summed E-state index contributed by atoms with van der Waals surface area (Å²) in [7, 11) is 1.22. The highest BCUT2D eigenvalue weighted by Crippen LogP contribution is 2.32. The smallest absolute Gasteiger partial charge is 0.343 e. The van der Waals surface area contributed by atoms with E-state index in [0.717, 1.165) is 16.7 Å². The summed E-state index contributed by atoms with van der Waals surface area (Å²) in [6.45, 7) is 0.391. The van der Waals surface area contributed by atoms with Gasteiger partial charge in [-0.1, -0.05) is 91.0 Å². The van der Waals surface area contributed by atoms with Crippen molar-refractivity contribution in [2.24, 2.45) is 0 Å². The zero-order valence-corrected chi connectivity index (χ0v) is 20.3. The predicted molar refractivity (Wildman–Crippen MR) is 139 cm³/mol. The van der Waals surface area contributed by atoms with Gasteiger partial charge in [-0.05, 0) is 16.7 Å². The van der Waals surface area contributed by atoms with E-state index in [1.165, 1.54) is 13.3 Å². The molecule has 7 heteroatoms. The van der Waals surface area contributed by atoms with Crippen molar-refractivity contribution in [3.05, 3.63) is 135 Å². The largest absolute Gasteiger partial charge is 0.483 e. The van der Waals surface area contributed by atoms with Crippen LogP contribution in [-0.2, 0) is 17.9 Å². The van der Waals surface area contributed by atoms with Crippen molar-refractivity contribution in [3.8, 4) is 5.75 Å². The SMILES string of the molecule is COC(=O)c1cn2c(c(OCc3ccccc3)c1=O)C(=O)N[C@H](C(c1ccccc1)c1ccccc1)C2. The molecule has 1 N–H and O–H groups in total. The average molecular weight is 495 g/mol. The number of aromatic nitrogens is 1. The lowest BCUT2D eigenvalue weighted by Gasteiger charge is -2.34. The van der Waals surface area contributed by atoms with Crippen LogP contribution < -0.4 is 15.5 Å². The minimum atomic E-state index is -0.782. The van der Waals surface area contributed by atoms with E-state index in [2.05, 4.69) is 5.32 Å². The van der Waals surface area contributed by atoms with Crippen LogP contribution in [0.1, 0.15) is 43.5 Å². The Morgan fingerprint density at radius 3 is 2.05 bits per heavy atom. The van der Waals surface area contributed by atoms with Crippen LogP contribution in [0.25, 0.3) is 0 Å². The number of fused-ring (bicyclic) bond motifs is 1. The van der Waals surface area contributed by atoms with Gasteiger partial charge in [0.25, 0.3) is 5.91 Å². The van der Waals surface area contributed by atoms with E-state index in [1.54, 1.807) is 4.57 Å². The number of rotatable bonds is 7. The summed E-state index contributed by atoms with van der Waals surface area (Å²) in [5, 5.41) is 3.10. The molecule has 4 aromatic rings. The maximum atomic E-state index is 13.5. The highest BCUT2D eigenvalue weighted by atomic mass is 16.5. The van der Waals surface area contributed by atoms with Crippen molar-refractivity contribution >= 4 is 11.9 Å². The number of nitrogens with zero attached hydrogens (tertiary/aromatic N) is 1. The van der Waals surface area contributed by atoms with Crippen molar-refractivity contribution in [1.29, 1.82) is 0 Å². The van der Waals surface area contributed by atoms with Gasteiger partial charge >= 0.3 is 5.97 Å². The van der Waals surface area contributed by atoms with Gasteiger partial charge in [0.1, 0.15) is 12.2 Å². The molecular formula is C30H26N2O5. The number of benzene rings is 3. The lowest BCUT2D eigenvalue weighted by Crippen LogP contribution is -2.49. The van der Waals surface area contributed by atoms with E-state index >= 15 is 0 Å². The van der Waals surface area contributed by atoms with E-state index in [9.17, 15) is 14.4 Å². The minimum absolute atomic E-state index is 0.0705. The van der Waals surface area contributed by atoms with Crippen LogP contribution in [0.4, 0.5) is 0 Å². The Labute approximate surface area is 214 Å². The number of amides is 1. The van der Waals surface area contributed by atoms with Gasteiger partial charge in [0.05, 0.1) is 13.2 Å². The molecule has 0 spiro atoms. The first-order valence-corrected chi connectivity index (χ1v) is 12.0. The Morgan fingerprint density at radius 2 is 1.49 bits per heavy atom. The Hall–Kier alpha value is -4.65. The molecular weight excluding hydrogens is 468 g/mol. The Morgan fingerprint density at radius 1 is 0.919 bits per heavy atom. The Balaban J connectivity index is 1.58. The summed E-state index contributed by atoms with van der Waals surface area (Å²) in [6, 6.07) is 28.8. The first-order chi connectivity index (χ1) is 18.1. The second-order valence-corrected chi connectivity index (χ2v) is 8.85. The molecule has 0 aliphatic carbocycles. The number of nitrogens with one attached hydrogen (secondary N) is 1. The van der Waals surface area contributed by atoms with E-state index in [4.69, 9.17) is 9.47 Å². The molecule has 186 valence electrons. The molecule has 5 rings (SSSR count). The number of esters is 1. The molecule has 0 fully saturated rings. The third-order valence-corrected chi connectivity index (χ3v) is 6.51. The third-order valence-electron chi connectivity index (χ3n) is 6.51. The molecule has 0 radical (unpaired) electrons. The average Bonchev–Trinajstić information content (AvgIpc) is 2.94. The Bertz CT molecular complexity index is 1430. The highest BCUT2D eigenvalue weighted by molar-refractivity contribution is 5.98. The normalized spacial score (nSPS) is 14.5.